The van der Waals surface area contributed by atoms with Crippen molar-refractivity contribution in [2.75, 3.05) is 21.3 Å². The third-order valence-corrected chi connectivity index (χ3v) is 7.07. The molecule has 1 aliphatic heterocycles. The Kier molecular flexibility index (Phi) is 8.15. The Hall–Kier alpha value is -4.10. The predicted molar refractivity (Wildman–Crippen MR) is 142 cm³/mol. The van der Waals surface area contributed by atoms with Crippen LogP contribution in [0.25, 0.3) is 5.69 Å². The van der Waals surface area contributed by atoms with E-state index in [9.17, 15) is 18.0 Å². The monoisotopic (exact) mass is 606 g/mol. The largest absolute Gasteiger partial charge is 0.493 e. The lowest BCUT2D eigenvalue weighted by atomic mass is 9.98. The van der Waals surface area contributed by atoms with Crippen LogP contribution in [0.4, 0.5) is 13.2 Å². The van der Waals surface area contributed by atoms with Gasteiger partial charge in [0.15, 0.2) is 23.2 Å². The summed E-state index contributed by atoms with van der Waals surface area (Å²) in [6.07, 6.45) is -6.72. The number of benzene rings is 2. The van der Waals surface area contributed by atoms with Gasteiger partial charge in [-0.15, -0.1) is 10.2 Å². The van der Waals surface area contributed by atoms with Crippen molar-refractivity contribution in [2.24, 2.45) is 0 Å². The number of methoxy groups -OCH3 is 3. The summed E-state index contributed by atoms with van der Waals surface area (Å²) in [6, 6.07) is 9.62. The quantitative estimate of drug-likeness (QED) is 0.231. The van der Waals surface area contributed by atoms with E-state index in [1.165, 1.54) is 39.5 Å². The lowest BCUT2D eigenvalue weighted by Gasteiger charge is -2.24. The van der Waals surface area contributed by atoms with Crippen molar-refractivity contribution in [3.8, 4) is 17.2 Å². The number of carbonyl (C=O) groups is 1. The van der Waals surface area contributed by atoms with E-state index >= 15 is 0 Å². The van der Waals surface area contributed by atoms with Gasteiger partial charge in [-0.25, -0.2) is 4.98 Å². The molecule has 10 nitrogen and oxygen atoms in total. The number of carbonyl (C=O) groups excluding carboxylic acids is 1. The predicted octanol–water partition coefficient (Wildman–Crippen LogP) is 5.76. The van der Waals surface area contributed by atoms with Crippen LogP contribution in [0.5, 0.6) is 11.5 Å². The maximum Gasteiger partial charge on any atom is 0.452 e. The average molecular weight is 607 g/mol. The summed E-state index contributed by atoms with van der Waals surface area (Å²) >= 11 is 6.36. The van der Waals surface area contributed by atoms with Crippen molar-refractivity contribution in [3.05, 3.63) is 81.5 Å². The zero-order valence-corrected chi connectivity index (χ0v) is 23.7. The first-order chi connectivity index (χ1) is 20.0. The Labute approximate surface area is 243 Å². The van der Waals surface area contributed by atoms with Gasteiger partial charge in [0.05, 0.1) is 45.6 Å². The molecule has 5 rings (SSSR count). The number of aromatic nitrogens is 4. The van der Waals surface area contributed by atoms with Crippen molar-refractivity contribution in [2.45, 2.75) is 44.6 Å². The van der Waals surface area contributed by atoms with Gasteiger partial charge in [-0.2, -0.15) is 13.2 Å². The molecule has 2 unspecified atom stereocenters. The Balaban J connectivity index is 1.67. The van der Waals surface area contributed by atoms with Crippen molar-refractivity contribution in [3.63, 3.8) is 0 Å². The third kappa shape index (κ3) is 5.53. The highest BCUT2D eigenvalue weighted by Crippen LogP contribution is 2.47. The van der Waals surface area contributed by atoms with E-state index in [4.69, 9.17) is 35.0 Å². The lowest BCUT2D eigenvalue weighted by Crippen LogP contribution is -2.17. The van der Waals surface area contributed by atoms with Crippen molar-refractivity contribution >= 4 is 17.6 Å². The van der Waals surface area contributed by atoms with Crippen LogP contribution in [0.15, 0.2) is 40.8 Å². The van der Waals surface area contributed by atoms with Gasteiger partial charge in [0.2, 0.25) is 5.82 Å². The SMILES string of the molecule is COC(=O)CCc1oc(CC2OC(c3cccc(OC)c3OC)c3cc(Cl)ccc3-n3c2nnc3C(F)(F)F)nc1C. The van der Waals surface area contributed by atoms with E-state index in [2.05, 4.69) is 15.2 Å². The Morgan fingerprint density at radius 2 is 1.88 bits per heavy atom. The van der Waals surface area contributed by atoms with Crippen molar-refractivity contribution in [1.29, 1.82) is 0 Å². The molecule has 0 aliphatic carbocycles. The van der Waals surface area contributed by atoms with Crippen LogP contribution in [-0.2, 0) is 33.3 Å². The highest BCUT2D eigenvalue weighted by atomic mass is 35.5. The zero-order valence-electron chi connectivity index (χ0n) is 23.0. The summed E-state index contributed by atoms with van der Waals surface area (Å²) in [5.74, 6) is -0.392. The third-order valence-electron chi connectivity index (χ3n) is 6.84. The maximum absolute atomic E-state index is 14.2. The molecule has 0 bridgehead atoms. The Morgan fingerprint density at radius 3 is 2.57 bits per heavy atom. The number of ether oxygens (including phenoxy) is 4. The van der Waals surface area contributed by atoms with Gasteiger partial charge >= 0.3 is 12.1 Å². The minimum atomic E-state index is -4.83. The van der Waals surface area contributed by atoms with Crippen molar-refractivity contribution in [1.82, 2.24) is 19.7 Å². The van der Waals surface area contributed by atoms with Crippen molar-refractivity contribution < 1.29 is 41.3 Å². The molecule has 0 saturated carbocycles. The number of hydrogen-bond acceptors (Lipinski definition) is 9. The van der Waals surface area contributed by atoms with Gasteiger partial charge < -0.3 is 23.4 Å². The number of halogens is 4. The molecule has 4 aromatic rings. The summed E-state index contributed by atoms with van der Waals surface area (Å²) in [5.41, 5.74) is 1.47. The van der Waals surface area contributed by atoms with Gasteiger partial charge in [-0.1, -0.05) is 23.7 Å². The number of fused-ring (bicyclic) bond motifs is 3. The van der Waals surface area contributed by atoms with Crippen LogP contribution < -0.4 is 9.47 Å². The van der Waals surface area contributed by atoms with E-state index in [-0.39, 0.29) is 41.7 Å². The zero-order chi connectivity index (χ0) is 30.2. The Bertz CT molecular complexity index is 1620. The summed E-state index contributed by atoms with van der Waals surface area (Å²) in [6.45, 7) is 1.71. The maximum atomic E-state index is 14.2. The minimum absolute atomic E-state index is 0.0724. The summed E-state index contributed by atoms with van der Waals surface area (Å²) < 4.78 is 72.0. The number of alkyl halides is 3. The second kappa shape index (κ2) is 11.6. The van der Waals surface area contributed by atoms with Crippen LogP contribution in [0.3, 0.4) is 0 Å². The average Bonchev–Trinajstić information content (AvgIpc) is 3.53. The van der Waals surface area contributed by atoms with Gasteiger partial charge in [0.1, 0.15) is 18.0 Å². The molecule has 42 heavy (non-hydrogen) atoms. The van der Waals surface area contributed by atoms with E-state index in [1.54, 1.807) is 25.1 Å². The lowest BCUT2D eigenvalue weighted by molar-refractivity contribution is -0.146. The van der Waals surface area contributed by atoms with Gasteiger partial charge in [-0.05, 0) is 31.2 Å². The van der Waals surface area contributed by atoms with Crippen LogP contribution >= 0.6 is 11.6 Å². The normalized spacial score (nSPS) is 16.4. The summed E-state index contributed by atoms with van der Waals surface area (Å²) in [4.78, 5) is 16.1. The fourth-order valence-electron chi connectivity index (χ4n) is 4.95. The van der Waals surface area contributed by atoms with Gasteiger partial charge in [-0.3, -0.25) is 9.36 Å². The van der Waals surface area contributed by atoms with Crippen LogP contribution in [0, 0.1) is 6.92 Å². The van der Waals surface area contributed by atoms with Gasteiger partial charge in [0.25, 0.3) is 0 Å². The molecular weight excluding hydrogens is 581 g/mol. The molecule has 0 N–H and O–H groups in total. The first kappa shape index (κ1) is 29.4. The molecule has 0 amide bonds. The number of rotatable bonds is 8. The number of nitrogens with zero attached hydrogens (tertiary/aromatic N) is 4. The van der Waals surface area contributed by atoms with E-state index in [1.807, 2.05) is 0 Å². The van der Waals surface area contributed by atoms with Crippen LogP contribution in [0.1, 0.15) is 58.7 Å². The van der Waals surface area contributed by atoms with Crippen LogP contribution in [0.2, 0.25) is 5.02 Å². The van der Waals surface area contributed by atoms with E-state index in [0.29, 0.717) is 34.1 Å². The molecule has 0 radical (unpaired) electrons. The standard InChI is InChI=1S/C28H26ClF3N4O6/c1-14-19(10-11-23(37)39-3)41-22(33-14)13-21-26-34-35-27(28(30,31)32)36(26)18-9-8-15(29)12-17(18)24(42-21)16-6-5-7-20(38-2)25(16)40-4/h5-9,12,21,24H,10-11,13H2,1-4H3. The molecular formula is C28H26ClF3N4O6. The molecule has 0 fully saturated rings. The summed E-state index contributed by atoms with van der Waals surface area (Å²) in [5, 5.41) is 7.71. The smallest absolute Gasteiger partial charge is 0.452 e. The number of para-hydroxylation sites is 1. The highest BCUT2D eigenvalue weighted by Gasteiger charge is 2.44. The topological polar surface area (TPSA) is 111 Å². The first-order valence-electron chi connectivity index (χ1n) is 12.8. The molecule has 0 spiro atoms. The molecule has 14 heteroatoms. The number of oxazole rings is 1. The molecule has 1 aliphatic rings. The molecule has 2 aromatic heterocycles. The van der Waals surface area contributed by atoms with E-state index in [0.717, 1.165) is 4.57 Å². The second-order valence-electron chi connectivity index (χ2n) is 9.40. The molecule has 3 heterocycles. The first-order valence-corrected chi connectivity index (χ1v) is 13.1. The minimum Gasteiger partial charge on any atom is -0.493 e. The highest BCUT2D eigenvalue weighted by molar-refractivity contribution is 6.30. The van der Waals surface area contributed by atoms with Crippen LogP contribution in [-0.4, -0.2) is 47.0 Å². The number of hydrogen-bond donors (Lipinski definition) is 0. The molecule has 2 atom stereocenters. The summed E-state index contributed by atoms with van der Waals surface area (Å²) in [7, 11) is 4.22. The number of esters is 1. The fraction of sp³-hybridized carbons (Fsp3) is 0.357. The molecule has 2 aromatic carbocycles. The second-order valence-corrected chi connectivity index (χ2v) is 9.84. The fourth-order valence-corrected chi connectivity index (χ4v) is 5.13. The number of aryl methyl sites for hydroxylation is 2. The molecule has 222 valence electrons. The van der Waals surface area contributed by atoms with E-state index < -0.39 is 30.2 Å². The Morgan fingerprint density at radius 1 is 1.10 bits per heavy atom. The molecule has 0 saturated heterocycles. The van der Waals surface area contributed by atoms with Gasteiger partial charge in [0, 0.05) is 22.6 Å².